The topological polar surface area (TPSA) is 0 Å². The maximum Gasteiger partial charge on any atom is 0.0543 e. The van der Waals surface area contributed by atoms with Crippen LogP contribution >= 0.6 is 46.6 Å². The first-order chi connectivity index (χ1) is 6.63. The lowest BCUT2D eigenvalue weighted by Gasteiger charge is -2.04. The minimum absolute atomic E-state index is 0.477. The summed E-state index contributed by atoms with van der Waals surface area (Å²) in [5.41, 5.74) is 0.979. The van der Waals surface area contributed by atoms with E-state index in [0.717, 1.165) is 16.2 Å². The van der Waals surface area contributed by atoms with Gasteiger partial charge < -0.3 is 0 Å². The fraction of sp³-hybridized carbons (Fsp3) is 0.200. The first-order valence-corrected chi connectivity index (χ1v) is 6.21. The van der Waals surface area contributed by atoms with Crippen molar-refractivity contribution in [2.24, 2.45) is 0 Å². The van der Waals surface area contributed by atoms with Crippen LogP contribution in [0.2, 0.25) is 10.0 Å². The van der Waals surface area contributed by atoms with Crippen molar-refractivity contribution in [2.75, 3.05) is 11.6 Å². The highest BCUT2D eigenvalue weighted by Gasteiger charge is 2.02. The molecule has 0 N–H and O–H groups in total. The molecule has 0 radical (unpaired) electrons. The molecule has 1 aromatic rings. The van der Waals surface area contributed by atoms with Crippen LogP contribution in [0.4, 0.5) is 0 Å². The number of halogens is 3. The van der Waals surface area contributed by atoms with Crippen LogP contribution in [0.1, 0.15) is 0 Å². The van der Waals surface area contributed by atoms with E-state index in [9.17, 15) is 0 Å². The van der Waals surface area contributed by atoms with Gasteiger partial charge in [-0.05, 0) is 18.2 Å². The van der Waals surface area contributed by atoms with E-state index in [1.165, 1.54) is 0 Å². The highest BCUT2D eigenvalue weighted by Crippen LogP contribution is 2.30. The van der Waals surface area contributed by atoms with Gasteiger partial charge in [-0.1, -0.05) is 35.4 Å². The molecule has 1 rings (SSSR count). The summed E-state index contributed by atoms with van der Waals surface area (Å²) in [5, 5.41) is 1.40. The first kappa shape index (κ1) is 12.3. The summed E-state index contributed by atoms with van der Waals surface area (Å²) in [6.07, 6.45) is 0. The Morgan fingerprint density at radius 1 is 1.36 bits per heavy atom. The zero-order valence-electron chi connectivity index (χ0n) is 7.40. The minimum Gasteiger partial charge on any atom is -0.122 e. The second kappa shape index (κ2) is 5.92. The fourth-order valence-corrected chi connectivity index (χ4v) is 2.41. The highest BCUT2D eigenvalue weighted by atomic mass is 35.5. The molecule has 0 fully saturated rings. The minimum atomic E-state index is 0.477. The van der Waals surface area contributed by atoms with Gasteiger partial charge in [-0.2, -0.15) is 0 Å². The lowest BCUT2D eigenvalue weighted by molar-refractivity contribution is 1.41. The van der Waals surface area contributed by atoms with Crippen molar-refractivity contribution >= 4 is 46.6 Å². The molecule has 0 saturated carbocycles. The van der Waals surface area contributed by atoms with Gasteiger partial charge in [0.15, 0.2) is 0 Å². The molecule has 0 nitrogen and oxygen atoms in total. The summed E-state index contributed by atoms with van der Waals surface area (Å²) in [6.45, 7) is 3.81. The van der Waals surface area contributed by atoms with Gasteiger partial charge in [0.2, 0.25) is 0 Å². The monoisotopic (exact) mass is 266 g/mol. The first-order valence-electron chi connectivity index (χ1n) is 3.94. The average Bonchev–Trinajstić information content (AvgIpc) is 2.19. The number of alkyl halides is 1. The Morgan fingerprint density at radius 2 is 2.07 bits per heavy atom. The van der Waals surface area contributed by atoms with Crippen LogP contribution in [-0.4, -0.2) is 11.6 Å². The Labute approximate surface area is 103 Å². The zero-order valence-corrected chi connectivity index (χ0v) is 10.5. The van der Waals surface area contributed by atoms with Crippen LogP contribution in [0.3, 0.4) is 0 Å². The van der Waals surface area contributed by atoms with Gasteiger partial charge >= 0.3 is 0 Å². The molecule has 0 amide bonds. The summed E-state index contributed by atoms with van der Waals surface area (Å²) in [6, 6.07) is 5.40. The van der Waals surface area contributed by atoms with Gasteiger partial charge in [0, 0.05) is 21.6 Å². The smallest absolute Gasteiger partial charge is 0.0543 e. The van der Waals surface area contributed by atoms with Crippen molar-refractivity contribution in [2.45, 2.75) is 4.90 Å². The molecule has 14 heavy (non-hydrogen) atoms. The maximum atomic E-state index is 5.98. The van der Waals surface area contributed by atoms with E-state index < -0.39 is 0 Å². The molecular weight excluding hydrogens is 259 g/mol. The van der Waals surface area contributed by atoms with E-state index in [2.05, 4.69) is 6.58 Å². The van der Waals surface area contributed by atoms with Crippen LogP contribution in [0.15, 0.2) is 35.2 Å². The SMILES string of the molecule is C=C(CCl)CSc1cc(Cl)ccc1Cl. The Balaban J connectivity index is 2.66. The van der Waals surface area contributed by atoms with Crippen LogP contribution in [-0.2, 0) is 0 Å². The molecule has 0 bridgehead atoms. The van der Waals surface area contributed by atoms with Gasteiger partial charge in [0.05, 0.1) is 5.02 Å². The average molecular weight is 268 g/mol. The van der Waals surface area contributed by atoms with Gasteiger partial charge in [-0.25, -0.2) is 0 Å². The molecule has 1 aromatic carbocycles. The summed E-state index contributed by atoms with van der Waals surface area (Å²) in [4.78, 5) is 0.963. The molecule has 0 heterocycles. The molecule has 0 aliphatic heterocycles. The zero-order chi connectivity index (χ0) is 10.6. The van der Waals surface area contributed by atoms with Crippen molar-refractivity contribution in [3.05, 3.63) is 40.4 Å². The van der Waals surface area contributed by atoms with Crippen molar-refractivity contribution < 1.29 is 0 Å². The molecule has 0 atom stereocenters. The van der Waals surface area contributed by atoms with Crippen molar-refractivity contribution in [3.63, 3.8) is 0 Å². The Morgan fingerprint density at radius 3 is 2.71 bits per heavy atom. The molecule has 76 valence electrons. The van der Waals surface area contributed by atoms with Crippen LogP contribution in [0.25, 0.3) is 0 Å². The molecule has 0 aliphatic rings. The van der Waals surface area contributed by atoms with E-state index in [-0.39, 0.29) is 0 Å². The summed E-state index contributed by atoms with van der Waals surface area (Å²) in [7, 11) is 0. The summed E-state index contributed by atoms with van der Waals surface area (Å²) >= 11 is 19.0. The molecule has 0 aliphatic carbocycles. The van der Waals surface area contributed by atoms with Crippen LogP contribution in [0.5, 0.6) is 0 Å². The summed E-state index contributed by atoms with van der Waals surface area (Å²) < 4.78 is 0. The predicted molar refractivity (Wildman–Crippen MR) is 67.0 cm³/mol. The quantitative estimate of drug-likeness (QED) is 0.426. The lowest BCUT2D eigenvalue weighted by Crippen LogP contribution is -1.86. The van der Waals surface area contributed by atoms with Gasteiger partial charge in [0.1, 0.15) is 0 Å². The Kier molecular flexibility index (Phi) is 5.18. The maximum absolute atomic E-state index is 5.98. The molecular formula is C10H9Cl3S. The Hall–Kier alpha value is 0.180. The van der Waals surface area contributed by atoms with E-state index >= 15 is 0 Å². The number of rotatable bonds is 4. The van der Waals surface area contributed by atoms with Crippen molar-refractivity contribution in [3.8, 4) is 0 Å². The Bertz CT molecular complexity index is 336. The number of hydrogen-bond donors (Lipinski definition) is 0. The third kappa shape index (κ3) is 3.74. The third-order valence-corrected chi connectivity index (χ3v) is 3.77. The molecule has 0 spiro atoms. The number of hydrogen-bond acceptors (Lipinski definition) is 1. The standard InChI is InChI=1S/C10H9Cl3S/c1-7(5-11)6-14-10-4-8(12)2-3-9(10)13/h2-4H,1,5-6H2. The van der Waals surface area contributed by atoms with Gasteiger partial charge in [0.25, 0.3) is 0 Å². The van der Waals surface area contributed by atoms with Crippen LogP contribution < -0.4 is 0 Å². The molecule has 0 saturated heterocycles. The second-order valence-electron chi connectivity index (χ2n) is 2.75. The summed E-state index contributed by atoms with van der Waals surface area (Å²) in [5.74, 6) is 1.24. The third-order valence-electron chi connectivity index (χ3n) is 1.51. The molecule has 4 heteroatoms. The highest BCUT2D eigenvalue weighted by molar-refractivity contribution is 7.99. The van der Waals surface area contributed by atoms with Gasteiger partial charge in [-0.15, -0.1) is 23.4 Å². The molecule has 0 unspecified atom stereocenters. The second-order valence-corrected chi connectivity index (χ2v) is 4.88. The normalized spacial score (nSPS) is 10.2. The van der Waals surface area contributed by atoms with Crippen LogP contribution in [0, 0.1) is 0 Å². The lowest BCUT2D eigenvalue weighted by atomic mass is 10.4. The number of benzene rings is 1. The van der Waals surface area contributed by atoms with E-state index in [0.29, 0.717) is 15.9 Å². The largest absolute Gasteiger partial charge is 0.122 e. The number of thioether (sulfide) groups is 1. The van der Waals surface area contributed by atoms with E-state index in [4.69, 9.17) is 34.8 Å². The van der Waals surface area contributed by atoms with E-state index in [1.807, 2.05) is 6.07 Å². The van der Waals surface area contributed by atoms with Crippen molar-refractivity contribution in [1.82, 2.24) is 0 Å². The predicted octanol–water partition coefficient (Wildman–Crippen LogP) is 4.88. The van der Waals surface area contributed by atoms with Gasteiger partial charge in [-0.3, -0.25) is 0 Å². The van der Waals surface area contributed by atoms with E-state index in [1.54, 1.807) is 23.9 Å². The molecule has 0 aromatic heterocycles. The fourth-order valence-electron chi connectivity index (χ4n) is 0.806. The van der Waals surface area contributed by atoms with Crippen molar-refractivity contribution in [1.29, 1.82) is 0 Å².